The monoisotopic (exact) mass is 215 g/mol. The maximum absolute atomic E-state index is 11.1. The van der Waals surface area contributed by atoms with Crippen molar-refractivity contribution in [2.75, 3.05) is 11.5 Å². The van der Waals surface area contributed by atoms with Gasteiger partial charge in [0.05, 0.1) is 5.75 Å². The lowest BCUT2D eigenvalue weighted by atomic mass is 10.2. The van der Waals surface area contributed by atoms with E-state index in [-0.39, 0.29) is 5.75 Å². The van der Waals surface area contributed by atoms with Crippen LogP contribution in [0.3, 0.4) is 0 Å². The Morgan fingerprint density at radius 3 is 2.57 bits per heavy atom. The predicted molar refractivity (Wildman–Crippen MR) is 55.7 cm³/mol. The summed E-state index contributed by atoms with van der Waals surface area (Å²) in [5.41, 5.74) is 7.00. The summed E-state index contributed by atoms with van der Waals surface area (Å²) in [7, 11) is -3.44. The first-order valence-electron chi connectivity index (χ1n) is 4.23. The minimum Gasteiger partial charge on any atom is -0.399 e. The lowest BCUT2D eigenvalue weighted by molar-refractivity contribution is 0.487. The van der Waals surface area contributed by atoms with Crippen LogP contribution in [0.15, 0.2) is 18.2 Å². The highest BCUT2D eigenvalue weighted by molar-refractivity contribution is 7.87. The largest absolute Gasteiger partial charge is 0.399 e. The molecule has 1 aromatic rings. The molecule has 78 valence electrons. The van der Waals surface area contributed by atoms with E-state index in [0.29, 0.717) is 11.4 Å². The summed E-state index contributed by atoms with van der Waals surface area (Å²) in [5.74, 6) is 0.259. The van der Waals surface area contributed by atoms with Gasteiger partial charge in [-0.2, -0.15) is 8.42 Å². The molecule has 0 amide bonds. The van der Waals surface area contributed by atoms with E-state index in [0.717, 1.165) is 5.56 Å². The second kappa shape index (κ2) is 3.88. The maximum atomic E-state index is 11.1. The van der Waals surface area contributed by atoms with Crippen molar-refractivity contribution >= 4 is 15.8 Å². The molecule has 0 aliphatic heterocycles. The van der Waals surface area contributed by atoms with Gasteiger partial charge in [-0.15, -0.1) is 0 Å². The third-order valence-electron chi connectivity index (χ3n) is 1.82. The number of rotatable bonds is 3. The molecule has 4 nitrogen and oxygen atoms in total. The molecule has 0 atom stereocenters. The molecule has 0 fully saturated rings. The van der Waals surface area contributed by atoms with Crippen LogP contribution < -0.4 is 9.92 Å². The van der Waals surface area contributed by atoms with Crippen LogP contribution in [-0.4, -0.2) is 14.2 Å². The Hall–Kier alpha value is -1.23. The molecular weight excluding hydrogens is 202 g/mol. The van der Waals surface area contributed by atoms with Gasteiger partial charge in [0.1, 0.15) is 5.75 Å². The molecule has 5 heteroatoms. The van der Waals surface area contributed by atoms with E-state index >= 15 is 0 Å². The SMILES string of the molecule is CCS(=O)(=O)Oc1ccc(N)c(C)c1. The molecule has 14 heavy (non-hydrogen) atoms. The molecule has 1 aromatic carbocycles. The number of anilines is 1. The first-order chi connectivity index (χ1) is 6.44. The van der Waals surface area contributed by atoms with Gasteiger partial charge < -0.3 is 9.92 Å². The molecule has 0 aliphatic rings. The molecule has 1 rings (SSSR count). The van der Waals surface area contributed by atoms with Crippen LogP contribution in [0.2, 0.25) is 0 Å². The van der Waals surface area contributed by atoms with Crippen LogP contribution in [0, 0.1) is 6.92 Å². The predicted octanol–water partition coefficient (Wildman–Crippen LogP) is 1.31. The summed E-state index contributed by atoms with van der Waals surface area (Å²) in [6.07, 6.45) is 0. The summed E-state index contributed by atoms with van der Waals surface area (Å²) >= 11 is 0. The molecule has 0 bridgehead atoms. The standard InChI is InChI=1S/C9H13NO3S/c1-3-14(11,12)13-8-4-5-9(10)7(2)6-8/h4-6H,3,10H2,1-2H3. The van der Waals surface area contributed by atoms with Gasteiger partial charge in [0.15, 0.2) is 0 Å². The van der Waals surface area contributed by atoms with Crippen molar-refractivity contribution in [3.63, 3.8) is 0 Å². The van der Waals surface area contributed by atoms with Crippen molar-refractivity contribution in [1.29, 1.82) is 0 Å². The first-order valence-corrected chi connectivity index (χ1v) is 5.80. The quantitative estimate of drug-likeness (QED) is 0.609. The van der Waals surface area contributed by atoms with Gasteiger partial charge in [-0.05, 0) is 37.6 Å². The second-order valence-electron chi connectivity index (χ2n) is 2.95. The average molecular weight is 215 g/mol. The zero-order valence-corrected chi connectivity index (χ0v) is 8.97. The van der Waals surface area contributed by atoms with Crippen LogP contribution in [0.25, 0.3) is 0 Å². The molecule has 0 aromatic heterocycles. The highest BCUT2D eigenvalue weighted by Gasteiger charge is 2.09. The van der Waals surface area contributed by atoms with Crippen LogP contribution >= 0.6 is 0 Å². The van der Waals surface area contributed by atoms with Crippen molar-refractivity contribution in [3.05, 3.63) is 23.8 Å². The van der Waals surface area contributed by atoms with Gasteiger partial charge in [0, 0.05) is 5.69 Å². The second-order valence-corrected chi connectivity index (χ2v) is 4.81. The zero-order chi connectivity index (χ0) is 10.8. The van der Waals surface area contributed by atoms with E-state index in [1.54, 1.807) is 19.1 Å². The highest BCUT2D eigenvalue weighted by Crippen LogP contribution is 2.19. The third kappa shape index (κ3) is 2.63. The molecule has 0 heterocycles. The van der Waals surface area contributed by atoms with Crippen molar-refractivity contribution in [2.24, 2.45) is 0 Å². The summed E-state index contributed by atoms with van der Waals surface area (Å²) in [4.78, 5) is 0. The van der Waals surface area contributed by atoms with E-state index < -0.39 is 10.1 Å². The van der Waals surface area contributed by atoms with Gasteiger partial charge in [-0.1, -0.05) is 0 Å². The van der Waals surface area contributed by atoms with Crippen LogP contribution in [0.4, 0.5) is 5.69 Å². The minimum absolute atomic E-state index is 0.0452. The summed E-state index contributed by atoms with van der Waals surface area (Å²) in [6, 6.07) is 4.76. The number of nitrogens with two attached hydrogens (primary N) is 1. The lowest BCUT2D eigenvalue weighted by Crippen LogP contribution is -2.11. The maximum Gasteiger partial charge on any atom is 0.308 e. The Bertz CT molecular complexity index is 426. The van der Waals surface area contributed by atoms with Gasteiger partial charge in [-0.3, -0.25) is 0 Å². The van der Waals surface area contributed by atoms with Crippen molar-refractivity contribution in [2.45, 2.75) is 13.8 Å². The van der Waals surface area contributed by atoms with E-state index in [4.69, 9.17) is 9.92 Å². The summed E-state index contributed by atoms with van der Waals surface area (Å²) in [6.45, 7) is 3.32. The molecule has 0 unspecified atom stereocenters. The van der Waals surface area contributed by atoms with Crippen LogP contribution in [-0.2, 0) is 10.1 Å². The molecule has 0 aliphatic carbocycles. The Labute approximate surface area is 83.8 Å². The fourth-order valence-electron chi connectivity index (χ4n) is 0.906. The third-order valence-corrected chi connectivity index (χ3v) is 2.97. The van der Waals surface area contributed by atoms with Gasteiger partial charge in [0.2, 0.25) is 0 Å². The topological polar surface area (TPSA) is 69.4 Å². The normalized spacial score (nSPS) is 11.3. The number of hydrogen-bond acceptors (Lipinski definition) is 4. The minimum atomic E-state index is -3.44. The smallest absolute Gasteiger partial charge is 0.308 e. The fraction of sp³-hybridized carbons (Fsp3) is 0.333. The van der Waals surface area contributed by atoms with Crippen LogP contribution in [0.5, 0.6) is 5.75 Å². The van der Waals surface area contributed by atoms with E-state index in [9.17, 15) is 8.42 Å². The first kappa shape index (κ1) is 10.8. The van der Waals surface area contributed by atoms with E-state index in [1.165, 1.54) is 13.0 Å². The molecule has 0 saturated carbocycles. The van der Waals surface area contributed by atoms with Crippen molar-refractivity contribution in [3.8, 4) is 5.75 Å². The van der Waals surface area contributed by atoms with Gasteiger partial charge in [0.25, 0.3) is 0 Å². The van der Waals surface area contributed by atoms with E-state index in [2.05, 4.69) is 0 Å². The highest BCUT2D eigenvalue weighted by atomic mass is 32.2. The van der Waals surface area contributed by atoms with Crippen LogP contribution in [0.1, 0.15) is 12.5 Å². The number of benzene rings is 1. The van der Waals surface area contributed by atoms with E-state index in [1.807, 2.05) is 0 Å². The molecule has 0 saturated heterocycles. The molecule has 0 spiro atoms. The number of aryl methyl sites for hydroxylation is 1. The van der Waals surface area contributed by atoms with Gasteiger partial charge in [-0.25, -0.2) is 0 Å². The molecular formula is C9H13NO3S. The molecule has 2 N–H and O–H groups in total. The lowest BCUT2D eigenvalue weighted by Gasteiger charge is -2.06. The fourth-order valence-corrected chi connectivity index (χ4v) is 1.42. The summed E-state index contributed by atoms with van der Waals surface area (Å²) in [5, 5.41) is 0. The molecule has 0 radical (unpaired) electrons. The van der Waals surface area contributed by atoms with Crippen molar-refractivity contribution in [1.82, 2.24) is 0 Å². The van der Waals surface area contributed by atoms with Crippen molar-refractivity contribution < 1.29 is 12.6 Å². The Kier molecular flexibility index (Phi) is 3.00. The summed E-state index contributed by atoms with van der Waals surface area (Å²) < 4.78 is 27.0. The average Bonchev–Trinajstić information content (AvgIpc) is 2.11. The Morgan fingerprint density at radius 1 is 1.43 bits per heavy atom. The number of nitrogen functional groups attached to an aromatic ring is 1. The zero-order valence-electron chi connectivity index (χ0n) is 8.15. The Morgan fingerprint density at radius 2 is 2.07 bits per heavy atom. The Balaban J connectivity index is 2.94. The van der Waals surface area contributed by atoms with Gasteiger partial charge >= 0.3 is 10.1 Å². The number of hydrogen-bond donors (Lipinski definition) is 1.